The van der Waals surface area contributed by atoms with Crippen LogP contribution in [0, 0.1) is 12.7 Å². The van der Waals surface area contributed by atoms with Crippen molar-refractivity contribution in [1.82, 2.24) is 5.32 Å². The van der Waals surface area contributed by atoms with Gasteiger partial charge in [0.15, 0.2) is 11.6 Å². The van der Waals surface area contributed by atoms with Crippen molar-refractivity contribution >= 4 is 22.9 Å². The van der Waals surface area contributed by atoms with Gasteiger partial charge in [-0.1, -0.05) is 45.5 Å². The summed E-state index contributed by atoms with van der Waals surface area (Å²) in [6, 6.07) is 7.75. The zero-order valence-electron chi connectivity index (χ0n) is 19.5. The Balaban J connectivity index is 1.85. The number of carbonyl (C=O) groups excluding carboxylic acids is 2. The lowest BCUT2D eigenvalue weighted by molar-refractivity contribution is -0.118. The van der Waals surface area contributed by atoms with Crippen LogP contribution in [0.15, 0.2) is 24.3 Å². The summed E-state index contributed by atoms with van der Waals surface area (Å²) in [6.07, 6.45) is 2.49. The molecular formula is C26H30FNO3S. The zero-order chi connectivity index (χ0) is 23.4. The average Bonchev–Trinajstić information content (AvgIpc) is 3.01. The lowest BCUT2D eigenvalue weighted by Gasteiger charge is -2.42. The molecule has 1 fully saturated rings. The molecule has 1 aliphatic carbocycles. The van der Waals surface area contributed by atoms with Crippen molar-refractivity contribution in [3.63, 3.8) is 0 Å². The van der Waals surface area contributed by atoms with E-state index >= 15 is 4.39 Å². The molecule has 0 saturated carbocycles. The number of halogens is 1. The summed E-state index contributed by atoms with van der Waals surface area (Å²) in [5.74, 6) is -0.595. The third kappa shape index (κ3) is 3.94. The number of nitrogens with one attached hydrogen (secondary N) is 1. The van der Waals surface area contributed by atoms with Crippen LogP contribution in [0.5, 0.6) is 5.75 Å². The first-order valence-corrected chi connectivity index (χ1v) is 11.8. The SMILES string of the molecule is COc1c(F)cc(CC2SC(=O)NC2=O)cc1-c1cc2c(cc1C)C(C)(C)CCC2(C)C. The molecule has 1 heterocycles. The molecule has 0 bridgehead atoms. The van der Waals surface area contributed by atoms with Gasteiger partial charge in [-0.15, -0.1) is 0 Å². The average molecular weight is 456 g/mol. The molecule has 1 unspecified atom stereocenters. The van der Waals surface area contributed by atoms with Crippen molar-refractivity contribution in [1.29, 1.82) is 0 Å². The van der Waals surface area contributed by atoms with Crippen LogP contribution >= 0.6 is 11.8 Å². The number of benzene rings is 2. The van der Waals surface area contributed by atoms with Crippen LogP contribution < -0.4 is 10.1 Å². The van der Waals surface area contributed by atoms with Crippen molar-refractivity contribution in [3.8, 4) is 16.9 Å². The van der Waals surface area contributed by atoms with Crippen LogP contribution in [0.3, 0.4) is 0 Å². The molecule has 170 valence electrons. The normalized spacial score (nSPS) is 21.3. The minimum Gasteiger partial charge on any atom is -0.493 e. The van der Waals surface area contributed by atoms with Crippen LogP contribution in [0.1, 0.15) is 62.8 Å². The van der Waals surface area contributed by atoms with Crippen molar-refractivity contribution in [2.75, 3.05) is 7.11 Å². The smallest absolute Gasteiger partial charge is 0.286 e. The fraction of sp³-hybridized carbons (Fsp3) is 0.462. The summed E-state index contributed by atoms with van der Waals surface area (Å²) in [5.41, 5.74) is 6.09. The molecule has 6 heteroatoms. The van der Waals surface area contributed by atoms with Crippen molar-refractivity contribution in [2.24, 2.45) is 0 Å². The summed E-state index contributed by atoms with van der Waals surface area (Å²) in [4.78, 5) is 23.6. The molecule has 4 rings (SSSR count). The Kier molecular flexibility index (Phi) is 5.64. The minimum absolute atomic E-state index is 0.0234. The van der Waals surface area contributed by atoms with E-state index in [4.69, 9.17) is 4.74 Å². The van der Waals surface area contributed by atoms with Crippen LogP contribution in [0.2, 0.25) is 0 Å². The van der Waals surface area contributed by atoms with E-state index in [1.54, 1.807) is 0 Å². The van der Waals surface area contributed by atoms with Gasteiger partial charge >= 0.3 is 0 Å². The molecule has 2 aromatic carbocycles. The first-order chi connectivity index (χ1) is 14.9. The maximum Gasteiger partial charge on any atom is 0.286 e. The van der Waals surface area contributed by atoms with Gasteiger partial charge in [-0.25, -0.2) is 4.39 Å². The highest BCUT2D eigenvalue weighted by atomic mass is 32.2. The Morgan fingerprint density at radius 1 is 1.03 bits per heavy atom. The molecular weight excluding hydrogens is 425 g/mol. The number of hydrogen-bond donors (Lipinski definition) is 1. The fourth-order valence-corrected chi connectivity index (χ4v) is 5.79. The van der Waals surface area contributed by atoms with Gasteiger partial charge in [0.05, 0.1) is 12.4 Å². The van der Waals surface area contributed by atoms with Gasteiger partial charge < -0.3 is 4.74 Å². The molecule has 1 atom stereocenters. The first-order valence-electron chi connectivity index (χ1n) is 11.0. The third-order valence-electron chi connectivity index (χ3n) is 6.98. The number of methoxy groups -OCH3 is 1. The van der Waals surface area contributed by atoms with Gasteiger partial charge in [0.25, 0.3) is 5.24 Å². The van der Waals surface area contributed by atoms with E-state index in [2.05, 4.69) is 52.1 Å². The maximum absolute atomic E-state index is 15.1. The highest BCUT2D eigenvalue weighted by Gasteiger charge is 2.38. The van der Waals surface area contributed by atoms with E-state index in [1.165, 1.54) is 24.3 Å². The Labute approximate surface area is 193 Å². The molecule has 1 saturated heterocycles. The van der Waals surface area contributed by atoms with Crippen molar-refractivity contribution in [2.45, 2.75) is 70.0 Å². The van der Waals surface area contributed by atoms with E-state index in [0.29, 0.717) is 11.1 Å². The largest absolute Gasteiger partial charge is 0.493 e. The number of amides is 2. The predicted molar refractivity (Wildman–Crippen MR) is 127 cm³/mol. The van der Waals surface area contributed by atoms with Crippen LogP contribution in [0.25, 0.3) is 11.1 Å². The third-order valence-corrected chi connectivity index (χ3v) is 7.96. The lowest BCUT2D eigenvalue weighted by Crippen LogP contribution is -2.34. The van der Waals surface area contributed by atoms with Gasteiger partial charge in [0.1, 0.15) is 0 Å². The van der Waals surface area contributed by atoms with Gasteiger partial charge in [-0.05, 0) is 83.0 Å². The highest BCUT2D eigenvalue weighted by molar-refractivity contribution is 8.15. The van der Waals surface area contributed by atoms with Gasteiger partial charge in [0.2, 0.25) is 5.91 Å². The minimum atomic E-state index is -0.549. The predicted octanol–water partition coefficient (Wildman–Crippen LogP) is 6.05. The van der Waals surface area contributed by atoms with Crippen LogP contribution in [-0.4, -0.2) is 23.5 Å². The second kappa shape index (κ2) is 7.91. The van der Waals surface area contributed by atoms with Crippen molar-refractivity contribution < 1.29 is 18.7 Å². The number of hydrogen-bond acceptors (Lipinski definition) is 4. The summed E-state index contributed by atoms with van der Waals surface area (Å²) < 4.78 is 20.6. The Morgan fingerprint density at radius 3 is 2.22 bits per heavy atom. The standard InChI is InChI=1S/C26H30FNO3S/c1-14-9-18-19(26(4,5)8-7-25(18,2)3)13-16(14)17-10-15(11-20(27)22(17)31-6)12-21-23(29)28-24(30)32-21/h9-11,13,21H,7-8,12H2,1-6H3,(H,28,29,30). The molecule has 2 amide bonds. The zero-order valence-corrected chi connectivity index (χ0v) is 20.3. The summed E-state index contributed by atoms with van der Waals surface area (Å²) in [5, 5.41) is 1.39. The van der Waals surface area contributed by atoms with E-state index in [-0.39, 0.29) is 34.1 Å². The highest BCUT2D eigenvalue weighted by Crippen LogP contribution is 2.48. The number of ether oxygens (including phenoxy) is 1. The number of thioether (sulfide) groups is 1. The molecule has 32 heavy (non-hydrogen) atoms. The quantitative estimate of drug-likeness (QED) is 0.609. The molecule has 2 aromatic rings. The number of imide groups is 1. The Morgan fingerprint density at radius 2 is 1.66 bits per heavy atom. The monoisotopic (exact) mass is 455 g/mol. The molecule has 1 N–H and O–H groups in total. The number of fused-ring (bicyclic) bond motifs is 1. The number of carbonyl (C=O) groups is 2. The molecule has 4 nitrogen and oxygen atoms in total. The second-order valence-corrected chi connectivity index (χ2v) is 11.4. The van der Waals surface area contributed by atoms with E-state index in [9.17, 15) is 9.59 Å². The Bertz CT molecular complexity index is 1120. The Hall–Kier alpha value is -2.34. The first kappa shape index (κ1) is 22.8. The molecule has 0 radical (unpaired) electrons. The molecule has 0 spiro atoms. The van der Waals surface area contributed by atoms with Gasteiger partial charge in [0, 0.05) is 5.56 Å². The molecule has 1 aliphatic heterocycles. The van der Waals surface area contributed by atoms with Crippen LogP contribution in [0.4, 0.5) is 9.18 Å². The second-order valence-electron chi connectivity index (χ2n) is 10.2. The summed E-state index contributed by atoms with van der Waals surface area (Å²) in [6.45, 7) is 11.2. The van der Waals surface area contributed by atoms with E-state index < -0.39 is 11.1 Å². The summed E-state index contributed by atoms with van der Waals surface area (Å²) in [7, 11) is 1.47. The van der Waals surface area contributed by atoms with Crippen molar-refractivity contribution in [3.05, 3.63) is 52.3 Å². The lowest BCUT2D eigenvalue weighted by atomic mass is 9.62. The topological polar surface area (TPSA) is 55.4 Å². The maximum atomic E-state index is 15.1. The van der Waals surface area contributed by atoms with E-state index in [0.717, 1.165) is 35.7 Å². The summed E-state index contributed by atoms with van der Waals surface area (Å²) >= 11 is 0.954. The van der Waals surface area contributed by atoms with Gasteiger partial charge in [-0.3, -0.25) is 14.9 Å². The molecule has 0 aromatic heterocycles. The molecule has 2 aliphatic rings. The van der Waals surface area contributed by atoms with E-state index in [1.807, 2.05) is 6.07 Å². The van der Waals surface area contributed by atoms with Gasteiger partial charge in [-0.2, -0.15) is 0 Å². The number of rotatable bonds is 4. The fourth-order valence-electron chi connectivity index (χ4n) is 4.93. The number of aryl methyl sites for hydroxylation is 1. The van der Waals surface area contributed by atoms with Crippen LogP contribution in [-0.2, 0) is 22.0 Å².